The zero-order chi connectivity index (χ0) is 23.9. The van der Waals surface area contributed by atoms with Crippen LogP contribution in [0, 0.1) is 21.7 Å². The summed E-state index contributed by atoms with van der Waals surface area (Å²) in [5.74, 6) is -5.36. The fourth-order valence-corrected chi connectivity index (χ4v) is 3.20. The first-order valence-corrected chi connectivity index (χ1v) is 9.17. The van der Waals surface area contributed by atoms with Gasteiger partial charge in [-0.15, -0.1) is 0 Å². The number of hydrogen-bond acceptors (Lipinski definition) is 8. The number of nitro benzene ring substituents is 1. The molecule has 0 bridgehead atoms. The number of ketones is 1. The summed E-state index contributed by atoms with van der Waals surface area (Å²) in [5.41, 5.74) is -1.82. The maximum atomic E-state index is 13.3. The molecule has 0 fully saturated rings. The largest absolute Gasteiger partial charge is 0.505 e. The van der Waals surface area contributed by atoms with Gasteiger partial charge in [0.05, 0.1) is 4.92 Å². The summed E-state index contributed by atoms with van der Waals surface area (Å²) < 4.78 is 31.8. The fraction of sp³-hybridized carbons (Fsp3) is 0. The number of carbonyl (C=O) groups is 1. The molecule has 0 aliphatic rings. The van der Waals surface area contributed by atoms with Gasteiger partial charge in [0.25, 0.3) is 0 Å². The highest BCUT2D eigenvalue weighted by atomic mass is 19.1. The number of aromatic nitrogens is 1. The summed E-state index contributed by atoms with van der Waals surface area (Å²) in [6.45, 7) is 0. The number of nitro groups is 1. The number of phenols is 3. The van der Waals surface area contributed by atoms with E-state index in [1.54, 1.807) is 0 Å². The lowest BCUT2D eigenvalue weighted by Gasteiger charge is -2.10. The Morgan fingerprint density at radius 3 is 2.30 bits per heavy atom. The van der Waals surface area contributed by atoms with Gasteiger partial charge in [-0.2, -0.15) is 0 Å². The molecule has 0 unspecified atom stereocenters. The minimum Gasteiger partial charge on any atom is -0.505 e. The van der Waals surface area contributed by atoms with Crippen molar-refractivity contribution in [3.8, 4) is 39.8 Å². The average Bonchev–Trinajstić information content (AvgIpc) is 3.27. The average molecular weight is 454 g/mol. The molecular weight excluding hydrogens is 442 g/mol. The normalized spacial score (nSPS) is 10.8. The van der Waals surface area contributed by atoms with Gasteiger partial charge in [-0.1, -0.05) is 5.16 Å². The van der Waals surface area contributed by atoms with E-state index in [0.717, 1.165) is 42.5 Å². The Bertz CT molecular complexity index is 1420. The molecule has 9 nitrogen and oxygen atoms in total. The van der Waals surface area contributed by atoms with E-state index in [1.165, 1.54) is 12.1 Å². The topological polar surface area (TPSA) is 147 Å². The molecule has 166 valence electrons. The molecule has 33 heavy (non-hydrogen) atoms. The van der Waals surface area contributed by atoms with Gasteiger partial charge in [0.2, 0.25) is 11.5 Å². The van der Waals surface area contributed by atoms with Crippen molar-refractivity contribution >= 4 is 11.5 Å². The number of aromatic hydroxyl groups is 3. The van der Waals surface area contributed by atoms with Crippen molar-refractivity contribution in [2.24, 2.45) is 0 Å². The van der Waals surface area contributed by atoms with Gasteiger partial charge in [0.1, 0.15) is 17.1 Å². The van der Waals surface area contributed by atoms with E-state index in [4.69, 9.17) is 4.52 Å². The summed E-state index contributed by atoms with van der Waals surface area (Å²) >= 11 is 0. The molecule has 0 spiro atoms. The molecular formula is C22H12F2N2O7. The highest BCUT2D eigenvalue weighted by Crippen LogP contribution is 2.45. The van der Waals surface area contributed by atoms with E-state index in [9.17, 15) is 39.0 Å². The number of hydrogen-bond donors (Lipinski definition) is 3. The third-order valence-corrected chi connectivity index (χ3v) is 4.79. The van der Waals surface area contributed by atoms with Crippen LogP contribution >= 0.6 is 0 Å². The lowest BCUT2D eigenvalue weighted by atomic mass is 9.94. The smallest absolute Gasteiger partial charge is 0.326 e. The number of benzene rings is 3. The standard InChI is InChI=1S/C22H12F2N2O7/c23-12-4-1-10(2-5-12)21(29)19-13(8-17(28)22(30)20(19)26(31)32)18-9-15(25-33-18)11-3-6-14(24)16(27)7-11/h1-9,27-28,30H. The number of carbonyl (C=O) groups excluding carboxylic acids is 1. The first kappa shape index (κ1) is 21.4. The number of halogens is 2. The van der Waals surface area contributed by atoms with Crippen LogP contribution in [0.5, 0.6) is 17.2 Å². The lowest BCUT2D eigenvalue weighted by molar-refractivity contribution is -0.386. The predicted octanol–water partition coefficient (Wildman–Crippen LogP) is 4.54. The van der Waals surface area contributed by atoms with Crippen molar-refractivity contribution in [1.82, 2.24) is 5.16 Å². The Balaban J connectivity index is 1.92. The summed E-state index contributed by atoms with van der Waals surface area (Å²) in [6, 6.07) is 9.62. The Hall–Kier alpha value is -4.80. The van der Waals surface area contributed by atoms with Crippen molar-refractivity contribution in [1.29, 1.82) is 0 Å². The molecule has 0 atom stereocenters. The molecule has 4 aromatic rings. The van der Waals surface area contributed by atoms with Crippen molar-refractivity contribution in [3.63, 3.8) is 0 Å². The van der Waals surface area contributed by atoms with E-state index in [-0.39, 0.29) is 28.1 Å². The van der Waals surface area contributed by atoms with Crippen LogP contribution in [0.15, 0.2) is 59.1 Å². The van der Waals surface area contributed by atoms with E-state index in [0.29, 0.717) is 0 Å². The lowest BCUT2D eigenvalue weighted by Crippen LogP contribution is -2.08. The Morgan fingerprint density at radius 2 is 1.67 bits per heavy atom. The second-order valence-corrected chi connectivity index (χ2v) is 6.85. The number of phenolic OH excluding ortho intramolecular Hbond substituents is 3. The van der Waals surface area contributed by atoms with Gasteiger partial charge in [0.15, 0.2) is 23.1 Å². The van der Waals surface area contributed by atoms with Crippen molar-refractivity contribution < 1.29 is 38.3 Å². The van der Waals surface area contributed by atoms with Crippen molar-refractivity contribution in [2.75, 3.05) is 0 Å². The zero-order valence-corrected chi connectivity index (χ0v) is 16.3. The van der Waals surface area contributed by atoms with Gasteiger partial charge in [0, 0.05) is 22.8 Å². The second-order valence-electron chi connectivity index (χ2n) is 6.85. The number of nitrogens with zero attached hydrogens (tertiary/aromatic N) is 2. The Morgan fingerprint density at radius 1 is 0.970 bits per heavy atom. The zero-order valence-electron chi connectivity index (χ0n) is 16.3. The second kappa shape index (κ2) is 8.04. The monoisotopic (exact) mass is 454 g/mol. The Labute approximate surface area is 182 Å². The van der Waals surface area contributed by atoms with Crippen LogP contribution in [0.4, 0.5) is 14.5 Å². The first-order chi connectivity index (χ1) is 15.7. The molecule has 1 heterocycles. The number of rotatable bonds is 5. The van der Waals surface area contributed by atoms with Crippen LogP contribution < -0.4 is 0 Å². The van der Waals surface area contributed by atoms with E-state index in [1.807, 2.05) is 0 Å². The SMILES string of the molecule is O=C(c1ccc(F)cc1)c1c(-c2cc(-c3ccc(F)c(O)c3)no2)cc(O)c(O)c1[N+](=O)[O-]. The fourth-order valence-electron chi connectivity index (χ4n) is 3.20. The van der Waals surface area contributed by atoms with Crippen LogP contribution in [0.3, 0.4) is 0 Å². The highest BCUT2D eigenvalue weighted by molar-refractivity contribution is 6.16. The summed E-state index contributed by atoms with van der Waals surface area (Å²) in [6.07, 6.45) is 0. The minimum atomic E-state index is -1.14. The minimum absolute atomic E-state index is 0.0794. The van der Waals surface area contributed by atoms with Crippen LogP contribution in [0.2, 0.25) is 0 Å². The van der Waals surface area contributed by atoms with E-state index >= 15 is 0 Å². The molecule has 3 N–H and O–H groups in total. The van der Waals surface area contributed by atoms with Crippen LogP contribution in [-0.4, -0.2) is 31.2 Å². The highest BCUT2D eigenvalue weighted by Gasteiger charge is 2.33. The van der Waals surface area contributed by atoms with Gasteiger partial charge in [-0.3, -0.25) is 14.9 Å². The van der Waals surface area contributed by atoms with Gasteiger partial charge < -0.3 is 19.8 Å². The molecule has 4 rings (SSSR count). The summed E-state index contributed by atoms with van der Waals surface area (Å²) in [5, 5.41) is 45.1. The predicted molar refractivity (Wildman–Crippen MR) is 109 cm³/mol. The van der Waals surface area contributed by atoms with Crippen LogP contribution in [0.25, 0.3) is 22.6 Å². The molecule has 3 aromatic carbocycles. The van der Waals surface area contributed by atoms with Gasteiger partial charge >= 0.3 is 5.69 Å². The van der Waals surface area contributed by atoms with Gasteiger partial charge in [-0.05, 0) is 48.5 Å². The quantitative estimate of drug-likeness (QED) is 0.172. The molecule has 0 saturated heterocycles. The Kier molecular flexibility index (Phi) is 5.22. The molecule has 0 aliphatic heterocycles. The molecule has 0 saturated carbocycles. The third kappa shape index (κ3) is 3.82. The first-order valence-electron chi connectivity index (χ1n) is 9.17. The van der Waals surface area contributed by atoms with Crippen molar-refractivity contribution in [3.05, 3.63) is 87.5 Å². The molecule has 0 amide bonds. The van der Waals surface area contributed by atoms with E-state index in [2.05, 4.69) is 5.16 Å². The maximum Gasteiger partial charge on any atom is 0.326 e. The van der Waals surface area contributed by atoms with Crippen LogP contribution in [0.1, 0.15) is 15.9 Å². The molecule has 1 aromatic heterocycles. The van der Waals surface area contributed by atoms with Crippen molar-refractivity contribution in [2.45, 2.75) is 0 Å². The maximum absolute atomic E-state index is 13.3. The van der Waals surface area contributed by atoms with E-state index < -0.39 is 50.8 Å². The van der Waals surface area contributed by atoms with Crippen LogP contribution in [-0.2, 0) is 0 Å². The summed E-state index contributed by atoms with van der Waals surface area (Å²) in [7, 11) is 0. The summed E-state index contributed by atoms with van der Waals surface area (Å²) in [4.78, 5) is 23.8. The molecule has 0 radical (unpaired) electrons. The molecule has 0 aliphatic carbocycles. The third-order valence-electron chi connectivity index (χ3n) is 4.79. The molecule has 11 heteroatoms. The van der Waals surface area contributed by atoms with Gasteiger partial charge in [-0.25, -0.2) is 8.78 Å².